The number of fused-ring (bicyclic) bond motifs is 6. The Hall–Kier alpha value is -8.24. The summed E-state index contributed by atoms with van der Waals surface area (Å²) in [6.45, 7) is 9.27. The van der Waals surface area contributed by atoms with E-state index in [1.165, 1.54) is 54.8 Å². The third kappa shape index (κ3) is 15.2. The molecule has 0 radical (unpaired) electrons. The van der Waals surface area contributed by atoms with Crippen LogP contribution in [0.1, 0.15) is 139 Å². The number of rotatable bonds is 12. The zero-order valence-corrected chi connectivity index (χ0v) is 61.6. The van der Waals surface area contributed by atoms with Crippen molar-refractivity contribution >= 4 is 157 Å². The Morgan fingerprint density at radius 2 is 0.762 bits per heavy atom. The van der Waals surface area contributed by atoms with Gasteiger partial charge in [-0.2, -0.15) is 0 Å². The van der Waals surface area contributed by atoms with Crippen molar-refractivity contribution in [2.75, 3.05) is 19.8 Å². The van der Waals surface area contributed by atoms with Crippen LogP contribution in [0.3, 0.4) is 0 Å². The number of alkyl halides is 1. The van der Waals surface area contributed by atoms with E-state index in [-0.39, 0.29) is 41.6 Å². The Bertz CT molecular complexity index is 4990. The Morgan fingerprint density at radius 1 is 0.455 bits per heavy atom. The number of Topliss-reactive ketones (excluding diaryl/α,β-unsaturated/α-hetero) is 1. The fraction of sp³-hybridized carbons (Fsp3) is 0.208. The highest BCUT2D eigenvalue weighted by Crippen LogP contribution is 2.48. The van der Waals surface area contributed by atoms with Gasteiger partial charge in [-0.25, -0.2) is 4.39 Å². The molecule has 0 aliphatic carbocycles. The van der Waals surface area contributed by atoms with E-state index in [0.29, 0.717) is 111 Å². The molecule has 3 atom stereocenters. The van der Waals surface area contributed by atoms with Crippen molar-refractivity contribution in [3.05, 3.63) is 243 Å². The molecular weight excluding hydrogens is 1460 g/mol. The second-order valence-electron chi connectivity index (χ2n) is 25.3. The molecule has 12 aromatic rings. The molecule has 514 valence electrons. The van der Waals surface area contributed by atoms with Crippen LogP contribution in [-0.4, -0.2) is 63.4 Å². The fourth-order valence-corrected chi connectivity index (χ4v) is 18.5. The summed E-state index contributed by atoms with van der Waals surface area (Å²) in [4.78, 5) is 67.4. The summed E-state index contributed by atoms with van der Waals surface area (Å²) in [5, 5.41) is 25.4. The second kappa shape index (κ2) is 29.6. The minimum absolute atomic E-state index is 0.179. The number of benzene rings is 6. The summed E-state index contributed by atoms with van der Waals surface area (Å²) < 4.78 is 35.0. The highest BCUT2D eigenvalue weighted by Gasteiger charge is 2.36. The lowest BCUT2D eigenvalue weighted by Crippen LogP contribution is -2.33. The quantitative estimate of drug-likeness (QED) is 0.0851. The predicted octanol–water partition coefficient (Wildman–Crippen LogP) is 21.2. The first-order valence-corrected chi connectivity index (χ1v) is 36.7. The molecule has 3 aliphatic heterocycles. The maximum absolute atomic E-state index is 15.5. The van der Waals surface area contributed by atoms with Crippen molar-refractivity contribution in [1.29, 1.82) is 0 Å². The lowest BCUT2D eigenvalue weighted by molar-refractivity contribution is 0.0762. The van der Waals surface area contributed by atoms with Crippen LogP contribution in [0.15, 0.2) is 165 Å². The number of hydrogen-bond donors (Lipinski definition) is 4. The topological polar surface area (TPSA) is 191 Å². The SMILES string of the molecule is CC(=O)c1c(C(=O)N[C@H]2CCOc3ccccc32)sc2c(-c3cc(Cl)cc(Cl)c3)cncc12.CC(C)(F)c1c(C(=O)N[C@H]2CCOc3ccccc32)sc2c(-c3cc(Cl)cc(Cl)c3)cncc12.CC(C)(O)c1c(C(=O)N[C@H]2CCOc3ccccc32)sc2c(-c3cc(Cl)cc(Cl)c3)cncc12. The summed E-state index contributed by atoms with van der Waals surface area (Å²) in [7, 11) is 0. The average molecular weight is 1530 g/mol. The van der Waals surface area contributed by atoms with Crippen LogP contribution in [0.4, 0.5) is 4.39 Å². The molecule has 3 aliphatic rings. The standard InChI is InChI=1S/C26H21Cl2FN2O2S.C26H22Cl2N2O3S.C25H18Cl2N2O3S/c1-26(2,29)22-19-13-30-12-18(14-9-15(27)11-16(28)10-14)23(19)34-24(22)25(32)31-20-7-8-33-21-6-4-3-5-17(20)21;1-26(2,32)22-19-13-29-12-18(14-9-15(27)11-16(28)10-14)23(19)34-24(22)25(31)30-20-7-8-33-21-6-4-3-5-17(20)21;1-13(30)22-19-12-28-11-18(14-8-15(26)10-16(27)9-14)23(19)33-24(22)25(31)29-20-6-7-32-21-5-3-2-4-17(20)21/h3-6,9-13,20H,7-8H2,1-2H3,(H,31,32);3-6,9-13,20,32H,7-8H2,1-2H3,(H,30,31);2-5,8-12,20H,6-7H2,1H3,(H,29,31)/t3*20-/m000/s1. The van der Waals surface area contributed by atoms with E-state index in [4.69, 9.17) is 83.8 Å². The molecule has 9 heterocycles. The van der Waals surface area contributed by atoms with Gasteiger partial charge in [0.15, 0.2) is 5.78 Å². The summed E-state index contributed by atoms with van der Waals surface area (Å²) in [5.74, 6) is 1.25. The Morgan fingerprint density at radius 3 is 1.11 bits per heavy atom. The molecule has 0 bridgehead atoms. The van der Waals surface area contributed by atoms with Crippen molar-refractivity contribution in [3.63, 3.8) is 0 Å². The molecule has 6 aromatic heterocycles. The van der Waals surface area contributed by atoms with Gasteiger partial charge in [-0.05, 0) is 124 Å². The van der Waals surface area contributed by atoms with Gasteiger partial charge in [-0.3, -0.25) is 34.1 Å². The van der Waals surface area contributed by atoms with Crippen LogP contribution >= 0.6 is 104 Å². The molecule has 15 rings (SSSR count). The van der Waals surface area contributed by atoms with Crippen LogP contribution in [0, 0.1) is 0 Å². The third-order valence-corrected chi connectivity index (χ3v) is 22.3. The normalized spacial score (nSPS) is 15.4. The van der Waals surface area contributed by atoms with Crippen LogP contribution in [-0.2, 0) is 11.3 Å². The molecule has 6 aromatic carbocycles. The van der Waals surface area contributed by atoms with Crippen molar-refractivity contribution in [3.8, 4) is 50.6 Å². The number of pyridine rings is 3. The minimum atomic E-state index is -1.76. The van der Waals surface area contributed by atoms with Gasteiger partial charge >= 0.3 is 0 Å². The molecule has 0 spiro atoms. The van der Waals surface area contributed by atoms with Gasteiger partial charge in [-0.15, -0.1) is 34.0 Å². The van der Waals surface area contributed by atoms with Crippen molar-refractivity contribution < 1.29 is 42.9 Å². The van der Waals surface area contributed by atoms with Crippen LogP contribution in [0.25, 0.3) is 63.6 Å². The first-order chi connectivity index (χ1) is 48.4. The molecular formula is C77H61Cl6FN6O8S3. The number of nitrogens with zero attached hydrogens (tertiary/aromatic N) is 3. The van der Waals surface area contributed by atoms with E-state index < -0.39 is 11.3 Å². The van der Waals surface area contributed by atoms with Gasteiger partial charge in [-0.1, -0.05) is 124 Å². The van der Waals surface area contributed by atoms with Gasteiger partial charge in [0.2, 0.25) is 0 Å². The van der Waals surface area contributed by atoms with Crippen molar-refractivity contribution in [2.45, 2.75) is 83.3 Å². The van der Waals surface area contributed by atoms with E-state index in [1.807, 2.05) is 84.9 Å². The van der Waals surface area contributed by atoms with Gasteiger partial charge in [0.05, 0.1) is 58.9 Å². The monoisotopic (exact) mass is 1520 g/mol. The number of thiophene rings is 3. The van der Waals surface area contributed by atoms with Crippen LogP contribution in [0.5, 0.6) is 17.2 Å². The van der Waals surface area contributed by atoms with Gasteiger partial charge in [0.25, 0.3) is 17.7 Å². The zero-order valence-electron chi connectivity index (χ0n) is 54.6. The van der Waals surface area contributed by atoms with Gasteiger partial charge < -0.3 is 35.3 Å². The first-order valence-electron chi connectivity index (χ1n) is 32.0. The number of aliphatic hydroxyl groups is 1. The summed E-state index contributed by atoms with van der Waals surface area (Å²) in [6.07, 6.45) is 12.0. The zero-order chi connectivity index (χ0) is 71.2. The highest BCUT2D eigenvalue weighted by molar-refractivity contribution is 7.22. The molecule has 0 unspecified atom stereocenters. The maximum Gasteiger partial charge on any atom is 0.262 e. The molecule has 0 fully saturated rings. The summed E-state index contributed by atoms with van der Waals surface area (Å²) >= 11 is 41.2. The largest absolute Gasteiger partial charge is 0.493 e. The molecule has 0 saturated heterocycles. The van der Waals surface area contributed by atoms with Gasteiger partial charge in [0.1, 0.15) is 27.8 Å². The molecule has 24 heteroatoms. The number of amides is 3. The number of halogens is 7. The minimum Gasteiger partial charge on any atom is -0.493 e. The number of carbonyl (C=O) groups is 4. The fourth-order valence-electron chi connectivity index (χ4n) is 13.0. The number of nitrogens with one attached hydrogen (secondary N) is 3. The Labute approximate surface area is 622 Å². The third-order valence-electron chi connectivity index (χ3n) is 17.3. The molecule has 101 heavy (non-hydrogen) atoms. The van der Waals surface area contributed by atoms with Crippen LogP contribution < -0.4 is 30.2 Å². The van der Waals surface area contributed by atoms with E-state index in [0.717, 1.165) is 86.8 Å². The van der Waals surface area contributed by atoms with E-state index in [2.05, 4.69) is 30.9 Å². The molecule has 0 saturated carbocycles. The van der Waals surface area contributed by atoms with Gasteiger partial charge in [0, 0.05) is 161 Å². The van der Waals surface area contributed by atoms with Crippen molar-refractivity contribution in [1.82, 2.24) is 30.9 Å². The predicted molar refractivity (Wildman–Crippen MR) is 405 cm³/mol. The number of carbonyl (C=O) groups excluding carboxylic acids is 4. The van der Waals surface area contributed by atoms with E-state index in [1.54, 1.807) is 93.5 Å². The molecule has 14 nitrogen and oxygen atoms in total. The number of para-hydroxylation sites is 3. The Balaban J connectivity index is 0.000000135. The van der Waals surface area contributed by atoms with E-state index in [9.17, 15) is 24.3 Å². The molecule has 3 amide bonds. The maximum atomic E-state index is 15.5. The number of ether oxygens (including phenoxy) is 3. The number of aromatic nitrogens is 3. The lowest BCUT2D eigenvalue weighted by atomic mass is 9.94. The summed E-state index contributed by atoms with van der Waals surface area (Å²) in [5.41, 5.74) is 5.65. The first kappa shape index (κ1) is 71.2. The summed E-state index contributed by atoms with van der Waals surface area (Å²) in [6, 6.07) is 38.1. The highest BCUT2D eigenvalue weighted by atomic mass is 35.5. The van der Waals surface area contributed by atoms with E-state index >= 15 is 4.39 Å². The number of hydrogen-bond acceptors (Lipinski definition) is 14. The number of ketones is 1. The lowest BCUT2D eigenvalue weighted by Gasteiger charge is -2.27. The van der Waals surface area contributed by atoms with Crippen LogP contribution in [0.2, 0.25) is 30.1 Å². The Kier molecular flexibility index (Phi) is 20.9. The average Bonchev–Trinajstić information content (AvgIpc) is 1.62. The second-order valence-corrected chi connectivity index (χ2v) is 31.0. The molecule has 4 N–H and O–H groups in total. The van der Waals surface area contributed by atoms with Crippen molar-refractivity contribution in [2.24, 2.45) is 0 Å². The smallest absolute Gasteiger partial charge is 0.262 e.